The first-order valence-electron chi connectivity index (χ1n) is 6.93. The molecule has 0 fully saturated rings. The van der Waals surface area contributed by atoms with Crippen molar-refractivity contribution in [2.24, 2.45) is 0 Å². The average Bonchev–Trinajstić information content (AvgIpc) is 2.77. The maximum Gasteiger partial charge on any atom is 0.316 e. The van der Waals surface area contributed by atoms with E-state index >= 15 is 0 Å². The molecular formula is C15H19FN2O2S. The van der Waals surface area contributed by atoms with E-state index in [1.165, 1.54) is 17.8 Å². The zero-order valence-electron chi connectivity index (χ0n) is 12.4. The molecule has 2 aromatic rings. The first-order valence-corrected chi connectivity index (χ1v) is 8.09. The summed E-state index contributed by atoms with van der Waals surface area (Å²) < 4.78 is 20.8. The predicted molar refractivity (Wildman–Crippen MR) is 82.8 cm³/mol. The maximum absolute atomic E-state index is 13.8. The summed E-state index contributed by atoms with van der Waals surface area (Å²) in [6, 6.07) is 4.95. The van der Waals surface area contributed by atoms with E-state index in [2.05, 4.69) is 4.98 Å². The van der Waals surface area contributed by atoms with E-state index in [-0.39, 0.29) is 23.6 Å². The fourth-order valence-electron chi connectivity index (χ4n) is 2.15. The smallest absolute Gasteiger partial charge is 0.316 e. The van der Waals surface area contributed by atoms with Crippen molar-refractivity contribution in [1.29, 1.82) is 0 Å². The summed E-state index contributed by atoms with van der Waals surface area (Å²) in [6.45, 7) is 6.35. The third-order valence-electron chi connectivity index (χ3n) is 2.94. The van der Waals surface area contributed by atoms with Crippen LogP contribution in [0.15, 0.2) is 18.2 Å². The molecule has 4 nitrogen and oxygen atoms in total. The van der Waals surface area contributed by atoms with Gasteiger partial charge in [0, 0.05) is 6.54 Å². The number of aryl methyl sites for hydroxylation is 1. The van der Waals surface area contributed by atoms with Crippen LogP contribution in [0.25, 0.3) is 11.0 Å². The van der Waals surface area contributed by atoms with Gasteiger partial charge in [-0.3, -0.25) is 4.79 Å². The number of carbonyl (C=O) groups excluding carboxylic acids is 1. The number of fused-ring (bicyclic) bond motifs is 1. The summed E-state index contributed by atoms with van der Waals surface area (Å²) in [5, 5.41) is 0. The number of aromatic nitrogens is 2. The van der Waals surface area contributed by atoms with Crippen LogP contribution in [0.4, 0.5) is 4.39 Å². The molecule has 0 saturated heterocycles. The minimum atomic E-state index is -0.315. The molecule has 0 radical (unpaired) electrons. The molecule has 0 unspecified atom stereocenters. The summed E-state index contributed by atoms with van der Waals surface area (Å²) >= 11 is 1.43. The van der Waals surface area contributed by atoms with Crippen molar-refractivity contribution in [2.45, 2.75) is 39.2 Å². The fourth-order valence-corrected chi connectivity index (χ4v) is 2.89. The first kappa shape index (κ1) is 15.8. The van der Waals surface area contributed by atoms with Crippen LogP contribution >= 0.6 is 11.8 Å². The fraction of sp³-hybridized carbons (Fsp3) is 0.467. The molecule has 1 aromatic carbocycles. The Kier molecular flexibility index (Phi) is 5.22. The highest BCUT2D eigenvalue weighted by Gasteiger charge is 2.13. The van der Waals surface area contributed by atoms with Gasteiger partial charge in [-0.1, -0.05) is 6.07 Å². The normalized spacial score (nSPS) is 11.3. The zero-order chi connectivity index (χ0) is 15.4. The quantitative estimate of drug-likeness (QED) is 0.767. The van der Waals surface area contributed by atoms with Crippen LogP contribution in [0, 0.1) is 5.82 Å². The van der Waals surface area contributed by atoms with Crippen molar-refractivity contribution in [3.63, 3.8) is 0 Å². The van der Waals surface area contributed by atoms with Gasteiger partial charge in [0.25, 0.3) is 0 Å². The van der Waals surface area contributed by atoms with Gasteiger partial charge in [0.1, 0.15) is 11.3 Å². The number of imidazole rings is 1. The molecule has 0 spiro atoms. The van der Waals surface area contributed by atoms with Crippen LogP contribution in [0.5, 0.6) is 0 Å². The molecule has 0 aliphatic heterocycles. The van der Waals surface area contributed by atoms with Gasteiger partial charge in [0.15, 0.2) is 5.82 Å². The molecule has 0 aliphatic rings. The Labute approximate surface area is 127 Å². The van der Waals surface area contributed by atoms with Crippen molar-refractivity contribution < 1.29 is 13.9 Å². The van der Waals surface area contributed by atoms with Crippen molar-refractivity contribution in [3.05, 3.63) is 29.8 Å². The minimum Gasteiger partial charge on any atom is -0.462 e. The summed E-state index contributed by atoms with van der Waals surface area (Å²) in [7, 11) is 0. The Hall–Kier alpha value is -1.56. The van der Waals surface area contributed by atoms with Crippen molar-refractivity contribution >= 4 is 28.8 Å². The van der Waals surface area contributed by atoms with Crippen LogP contribution in [-0.4, -0.2) is 27.4 Å². The van der Waals surface area contributed by atoms with E-state index in [4.69, 9.17) is 4.74 Å². The first-order chi connectivity index (χ1) is 10.0. The summed E-state index contributed by atoms with van der Waals surface area (Å²) in [6.07, 6.45) is -0.104. The lowest BCUT2D eigenvalue weighted by molar-refractivity contribution is -0.144. The summed E-state index contributed by atoms with van der Waals surface area (Å²) in [4.78, 5) is 15.8. The average molecular weight is 310 g/mol. The molecule has 1 aromatic heterocycles. The van der Waals surface area contributed by atoms with Gasteiger partial charge < -0.3 is 9.30 Å². The van der Waals surface area contributed by atoms with Crippen LogP contribution in [-0.2, 0) is 21.8 Å². The number of esters is 1. The number of halogens is 1. The number of rotatable bonds is 6. The van der Waals surface area contributed by atoms with E-state index in [1.807, 2.05) is 31.4 Å². The van der Waals surface area contributed by atoms with Gasteiger partial charge in [-0.05, 0) is 32.9 Å². The van der Waals surface area contributed by atoms with Gasteiger partial charge in [0.05, 0.1) is 23.1 Å². The maximum atomic E-state index is 13.8. The summed E-state index contributed by atoms with van der Waals surface area (Å²) in [5.74, 6) is 1.05. The third kappa shape index (κ3) is 3.75. The SMILES string of the molecule is CCn1c(CSCC(=O)OC(C)C)nc2c(F)cccc21. The highest BCUT2D eigenvalue weighted by atomic mass is 32.2. The minimum absolute atomic E-state index is 0.104. The van der Waals surface area contributed by atoms with Gasteiger partial charge in [-0.15, -0.1) is 11.8 Å². The molecule has 1 heterocycles. The van der Waals surface area contributed by atoms with Crippen LogP contribution in [0.1, 0.15) is 26.6 Å². The van der Waals surface area contributed by atoms with Crippen LogP contribution < -0.4 is 0 Å². The number of hydrogen-bond donors (Lipinski definition) is 0. The van der Waals surface area contributed by atoms with Crippen molar-refractivity contribution in [2.75, 3.05) is 5.75 Å². The van der Waals surface area contributed by atoms with Gasteiger partial charge >= 0.3 is 5.97 Å². The Morgan fingerprint density at radius 3 is 2.90 bits per heavy atom. The molecule has 0 saturated carbocycles. The number of para-hydroxylation sites is 1. The predicted octanol–water partition coefficient (Wildman–Crippen LogP) is 3.38. The molecule has 114 valence electrons. The number of hydrogen-bond acceptors (Lipinski definition) is 4. The topological polar surface area (TPSA) is 44.1 Å². The van der Waals surface area contributed by atoms with Gasteiger partial charge in [-0.2, -0.15) is 0 Å². The van der Waals surface area contributed by atoms with E-state index in [1.54, 1.807) is 6.07 Å². The third-order valence-corrected chi connectivity index (χ3v) is 3.85. The lowest BCUT2D eigenvalue weighted by Crippen LogP contribution is -2.13. The lowest BCUT2D eigenvalue weighted by atomic mass is 10.3. The number of benzene rings is 1. The molecule has 2 rings (SSSR count). The van der Waals surface area contributed by atoms with E-state index in [9.17, 15) is 9.18 Å². The van der Waals surface area contributed by atoms with Crippen LogP contribution in [0.3, 0.4) is 0 Å². The van der Waals surface area contributed by atoms with E-state index in [0.29, 0.717) is 17.8 Å². The van der Waals surface area contributed by atoms with Gasteiger partial charge in [0.2, 0.25) is 0 Å². The molecule has 0 N–H and O–H groups in total. The molecule has 6 heteroatoms. The molecule has 21 heavy (non-hydrogen) atoms. The van der Waals surface area contributed by atoms with E-state index in [0.717, 1.165) is 11.3 Å². The second-order valence-electron chi connectivity index (χ2n) is 4.91. The van der Waals surface area contributed by atoms with E-state index < -0.39 is 0 Å². The number of thioether (sulfide) groups is 1. The Balaban J connectivity index is 2.08. The van der Waals surface area contributed by atoms with Crippen LogP contribution in [0.2, 0.25) is 0 Å². The van der Waals surface area contributed by atoms with Gasteiger partial charge in [-0.25, -0.2) is 9.37 Å². The standard InChI is InChI=1S/C15H19FN2O2S/c1-4-18-12-7-5-6-11(16)15(12)17-13(18)8-21-9-14(19)20-10(2)3/h5-7,10H,4,8-9H2,1-3H3. The highest BCUT2D eigenvalue weighted by molar-refractivity contribution is 7.99. The monoisotopic (exact) mass is 310 g/mol. The van der Waals surface area contributed by atoms with Crippen molar-refractivity contribution in [3.8, 4) is 0 Å². The largest absolute Gasteiger partial charge is 0.462 e. The summed E-state index contributed by atoms with van der Waals surface area (Å²) in [5.41, 5.74) is 1.18. The number of carbonyl (C=O) groups is 1. The second kappa shape index (κ2) is 6.93. The second-order valence-corrected chi connectivity index (χ2v) is 5.90. The Morgan fingerprint density at radius 1 is 1.48 bits per heavy atom. The molecule has 0 amide bonds. The Bertz CT molecular complexity index is 640. The van der Waals surface area contributed by atoms with Crippen molar-refractivity contribution in [1.82, 2.24) is 9.55 Å². The number of ether oxygens (including phenoxy) is 1. The highest BCUT2D eigenvalue weighted by Crippen LogP contribution is 2.22. The molecule has 0 atom stereocenters. The Morgan fingerprint density at radius 2 is 2.24 bits per heavy atom. The molecular weight excluding hydrogens is 291 g/mol. The number of nitrogens with zero attached hydrogens (tertiary/aromatic N) is 2. The lowest BCUT2D eigenvalue weighted by Gasteiger charge is -2.08. The zero-order valence-corrected chi connectivity index (χ0v) is 13.2. The molecule has 0 bridgehead atoms. The molecule has 0 aliphatic carbocycles.